The van der Waals surface area contributed by atoms with Crippen molar-refractivity contribution < 1.29 is 37.6 Å². The van der Waals surface area contributed by atoms with Gasteiger partial charge in [-0.2, -0.15) is 0 Å². The number of hydrogen-bond donors (Lipinski definition) is 2. The molecule has 0 saturated carbocycles. The summed E-state index contributed by atoms with van der Waals surface area (Å²) in [5, 5.41) is 0. The van der Waals surface area contributed by atoms with Crippen molar-refractivity contribution in [1.29, 1.82) is 0 Å². The third kappa shape index (κ3) is 39.7. The van der Waals surface area contributed by atoms with Crippen LogP contribution in [0.3, 0.4) is 0 Å². The second kappa shape index (κ2) is 39.9. The molecule has 0 spiro atoms. The number of carbonyl (C=O) groups excluding carboxylic acids is 2. The van der Waals surface area contributed by atoms with Gasteiger partial charge in [0.1, 0.15) is 6.61 Å². The molecule has 0 aromatic rings. The molecular weight excluding hydrogens is 689 g/mol. The highest BCUT2D eigenvalue weighted by Crippen LogP contribution is 2.43. The molecule has 0 aliphatic rings. The molecule has 3 N–H and O–H groups in total. The molecule has 53 heavy (non-hydrogen) atoms. The highest BCUT2D eigenvalue weighted by Gasteiger charge is 2.26. The van der Waals surface area contributed by atoms with Crippen LogP contribution in [0.15, 0.2) is 36.5 Å². The first kappa shape index (κ1) is 51.2. The minimum atomic E-state index is -4.38. The number of hydrogen-bond acceptors (Lipinski definition) is 8. The van der Waals surface area contributed by atoms with E-state index in [-0.39, 0.29) is 38.6 Å². The Hall–Kier alpha value is -1.77. The molecule has 0 rings (SSSR count). The van der Waals surface area contributed by atoms with Gasteiger partial charge in [-0.1, -0.05) is 166 Å². The van der Waals surface area contributed by atoms with Crippen molar-refractivity contribution in [2.45, 2.75) is 200 Å². The normalized spacial score (nSPS) is 13.7. The van der Waals surface area contributed by atoms with Crippen molar-refractivity contribution in [1.82, 2.24) is 0 Å². The van der Waals surface area contributed by atoms with Gasteiger partial charge in [-0.05, 0) is 51.4 Å². The lowest BCUT2D eigenvalue weighted by Gasteiger charge is -2.19. The van der Waals surface area contributed by atoms with Gasteiger partial charge in [0.25, 0.3) is 0 Å². The van der Waals surface area contributed by atoms with Gasteiger partial charge < -0.3 is 20.1 Å². The number of allylic oxidation sites excluding steroid dienone is 6. The predicted molar refractivity (Wildman–Crippen MR) is 220 cm³/mol. The first-order chi connectivity index (χ1) is 25.8. The quantitative estimate of drug-likeness (QED) is 0.0270. The standard InChI is InChI=1S/C43H80NO8P/c1-3-5-7-9-11-13-15-17-19-20-22-24-26-28-30-32-34-36-43(46)52-41(40-51-53(47,48)50-38-37-44)39-49-42(45)35-33-31-29-27-25-23-21-18-16-14-12-10-8-6-4-2/h11,13,17,19,22,24,41H,3-10,12,14-16,18,20-21,23,25-40,44H2,1-2H3,(H,47,48)/b13-11+,19-17+,24-22-/t41-/m1/s1. The minimum absolute atomic E-state index is 0.0498. The fourth-order valence-corrected chi connectivity index (χ4v) is 6.58. The van der Waals surface area contributed by atoms with Crippen LogP contribution in [0.1, 0.15) is 194 Å². The Bertz CT molecular complexity index is 970. The lowest BCUT2D eigenvalue weighted by Crippen LogP contribution is -2.29. The molecule has 0 amide bonds. The van der Waals surface area contributed by atoms with E-state index in [1.807, 2.05) is 0 Å². The topological polar surface area (TPSA) is 134 Å². The smallest absolute Gasteiger partial charge is 0.462 e. The van der Waals surface area contributed by atoms with Gasteiger partial charge in [0.2, 0.25) is 0 Å². The van der Waals surface area contributed by atoms with Crippen molar-refractivity contribution in [2.75, 3.05) is 26.4 Å². The van der Waals surface area contributed by atoms with Gasteiger partial charge >= 0.3 is 19.8 Å². The number of ether oxygens (including phenoxy) is 2. The number of phosphoric ester groups is 1. The van der Waals surface area contributed by atoms with Gasteiger partial charge in [-0.25, -0.2) is 4.57 Å². The molecule has 0 bridgehead atoms. The van der Waals surface area contributed by atoms with E-state index in [0.717, 1.165) is 57.8 Å². The van der Waals surface area contributed by atoms with Gasteiger partial charge in [0, 0.05) is 19.4 Å². The van der Waals surface area contributed by atoms with Gasteiger partial charge in [-0.15, -0.1) is 0 Å². The van der Waals surface area contributed by atoms with E-state index in [2.05, 4.69) is 50.3 Å². The molecule has 2 atom stereocenters. The lowest BCUT2D eigenvalue weighted by molar-refractivity contribution is -0.161. The van der Waals surface area contributed by atoms with Crippen molar-refractivity contribution >= 4 is 19.8 Å². The summed E-state index contributed by atoms with van der Waals surface area (Å²) in [7, 11) is -4.38. The molecule has 10 heteroatoms. The number of nitrogens with two attached hydrogens (primary N) is 1. The average Bonchev–Trinajstić information content (AvgIpc) is 3.14. The largest absolute Gasteiger partial charge is 0.472 e. The SMILES string of the molecule is CCCCC/C=C/C/C=C/C/C=C\CCCCCCC(=O)O[C@H](COC(=O)CCCCCCCCCCCCCCCCC)COP(=O)(O)OCCN. The summed E-state index contributed by atoms with van der Waals surface area (Å²) in [5.41, 5.74) is 5.34. The number of phosphoric acid groups is 1. The maximum absolute atomic E-state index is 12.6. The third-order valence-electron chi connectivity index (χ3n) is 9.03. The number of rotatable bonds is 40. The zero-order valence-corrected chi connectivity index (χ0v) is 34.9. The van der Waals surface area contributed by atoms with Crippen LogP contribution >= 0.6 is 7.82 Å². The van der Waals surface area contributed by atoms with Crippen molar-refractivity contribution in [3.05, 3.63) is 36.5 Å². The molecule has 0 heterocycles. The number of carbonyl (C=O) groups is 2. The molecule has 9 nitrogen and oxygen atoms in total. The van der Waals surface area contributed by atoms with E-state index < -0.39 is 26.5 Å². The molecule has 0 saturated heterocycles. The van der Waals surface area contributed by atoms with Crippen molar-refractivity contribution in [3.8, 4) is 0 Å². The Morgan fingerprint density at radius 2 is 0.981 bits per heavy atom. The van der Waals surface area contributed by atoms with Crippen LogP contribution in [0, 0.1) is 0 Å². The van der Waals surface area contributed by atoms with Crippen LogP contribution in [-0.4, -0.2) is 49.3 Å². The Balaban J connectivity index is 4.20. The Kier molecular flexibility index (Phi) is 38.6. The molecule has 0 aliphatic heterocycles. The predicted octanol–water partition coefficient (Wildman–Crippen LogP) is 12.2. The fraction of sp³-hybridized carbons (Fsp3) is 0.814. The summed E-state index contributed by atoms with van der Waals surface area (Å²) < 4.78 is 32.7. The van der Waals surface area contributed by atoms with Crippen LogP contribution in [0.4, 0.5) is 0 Å². The number of unbranched alkanes of at least 4 members (excludes halogenated alkanes) is 21. The first-order valence-electron chi connectivity index (χ1n) is 21.5. The first-order valence-corrected chi connectivity index (χ1v) is 23.0. The molecule has 0 fully saturated rings. The van der Waals surface area contributed by atoms with E-state index in [4.69, 9.17) is 24.3 Å². The second-order valence-electron chi connectivity index (χ2n) is 14.2. The Labute approximate surface area is 324 Å². The van der Waals surface area contributed by atoms with E-state index in [1.54, 1.807) is 0 Å². The van der Waals surface area contributed by atoms with Crippen LogP contribution in [0.25, 0.3) is 0 Å². The van der Waals surface area contributed by atoms with Gasteiger partial charge in [0.15, 0.2) is 6.10 Å². The summed E-state index contributed by atoms with van der Waals surface area (Å²) in [6, 6.07) is 0. The average molecular weight is 770 g/mol. The van der Waals surface area contributed by atoms with Crippen LogP contribution in [-0.2, 0) is 32.7 Å². The van der Waals surface area contributed by atoms with Crippen LogP contribution in [0.5, 0.6) is 0 Å². The van der Waals surface area contributed by atoms with Gasteiger partial charge in [0.05, 0.1) is 13.2 Å². The summed E-state index contributed by atoms with van der Waals surface area (Å²) >= 11 is 0. The van der Waals surface area contributed by atoms with Crippen molar-refractivity contribution in [2.24, 2.45) is 5.73 Å². The van der Waals surface area contributed by atoms with Crippen molar-refractivity contribution in [3.63, 3.8) is 0 Å². The highest BCUT2D eigenvalue weighted by atomic mass is 31.2. The van der Waals surface area contributed by atoms with E-state index in [9.17, 15) is 19.0 Å². The van der Waals surface area contributed by atoms with Gasteiger partial charge in [-0.3, -0.25) is 18.6 Å². The van der Waals surface area contributed by atoms with Crippen LogP contribution in [0.2, 0.25) is 0 Å². The molecule has 0 aliphatic carbocycles. The van der Waals surface area contributed by atoms with E-state index >= 15 is 0 Å². The third-order valence-corrected chi connectivity index (χ3v) is 10.0. The molecule has 310 valence electrons. The van der Waals surface area contributed by atoms with Crippen LogP contribution < -0.4 is 5.73 Å². The zero-order valence-electron chi connectivity index (χ0n) is 34.0. The Morgan fingerprint density at radius 1 is 0.566 bits per heavy atom. The summed E-state index contributed by atoms with van der Waals surface area (Å²) in [5.74, 6) is -0.849. The highest BCUT2D eigenvalue weighted by molar-refractivity contribution is 7.47. The molecular formula is C43H80NO8P. The summed E-state index contributed by atoms with van der Waals surface area (Å²) in [6.45, 7) is 3.69. The minimum Gasteiger partial charge on any atom is -0.462 e. The molecule has 0 aromatic carbocycles. The zero-order chi connectivity index (χ0) is 38.9. The summed E-state index contributed by atoms with van der Waals surface area (Å²) in [4.78, 5) is 34.8. The van der Waals surface area contributed by atoms with E-state index in [1.165, 1.54) is 103 Å². The summed E-state index contributed by atoms with van der Waals surface area (Å²) in [6.07, 6.45) is 43.1. The molecule has 0 radical (unpaired) electrons. The number of esters is 2. The second-order valence-corrected chi connectivity index (χ2v) is 15.7. The molecule has 1 unspecified atom stereocenters. The fourth-order valence-electron chi connectivity index (χ4n) is 5.82. The monoisotopic (exact) mass is 770 g/mol. The maximum Gasteiger partial charge on any atom is 0.472 e. The van der Waals surface area contributed by atoms with E-state index in [0.29, 0.717) is 6.42 Å². The lowest BCUT2D eigenvalue weighted by atomic mass is 10.0. The molecule has 0 aromatic heterocycles. The Morgan fingerprint density at radius 3 is 1.49 bits per heavy atom. The maximum atomic E-state index is 12.6.